The Bertz CT molecular complexity index is 789. The Hall–Kier alpha value is -1.87. The molecule has 1 aromatic rings. The summed E-state index contributed by atoms with van der Waals surface area (Å²) in [6.45, 7) is 4.10. The Morgan fingerprint density at radius 3 is 2.48 bits per heavy atom. The van der Waals surface area contributed by atoms with Crippen LogP contribution in [0.5, 0.6) is 0 Å². The molecule has 0 fully saturated rings. The predicted octanol–water partition coefficient (Wildman–Crippen LogP) is 5.59. The molecule has 1 atom stereocenters. The van der Waals surface area contributed by atoms with E-state index in [2.05, 4.69) is 0 Å². The van der Waals surface area contributed by atoms with Crippen molar-refractivity contribution in [3.05, 3.63) is 64.2 Å². The van der Waals surface area contributed by atoms with Crippen LogP contribution in [0.15, 0.2) is 58.7 Å². The fourth-order valence-electron chi connectivity index (χ4n) is 3.90. The van der Waals surface area contributed by atoms with E-state index in [1.54, 1.807) is 6.08 Å². The lowest BCUT2D eigenvalue weighted by Gasteiger charge is -2.39. The minimum atomic E-state index is -1.77. The van der Waals surface area contributed by atoms with Crippen molar-refractivity contribution >= 4 is 23.1 Å². The number of alkyl halides is 1. The molecule has 1 aromatic carbocycles. The quantitative estimate of drug-likeness (QED) is 0.518. The second-order valence-electron chi connectivity index (χ2n) is 7.26. The molecule has 2 aliphatic rings. The van der Waals surface area contributed by atoms with Crippen molar-refractivity contribution in [1.82, 2.24) is 0 Å². The van der Waals surface area contributed by atoms with Gasteiger partial charge in [-0.3, -0.25) is 0 Å². The Balaban J connectivity index is 2.19. The first-order valence-corrected chi connectivity index (χ1v) is 8.82. The third-order valence-electron chi connectivity index (χ3n) is 5.20. The second-order valence-corrected chi connectivity index (χ2v) is 7.67. The van der Waals surface area contributed by atoms with E-state index in [9.17, 15) is 4.79 Å². The number of rotatable bonds is 3. The SMILES string of the molecule is COC(=O)C1=C(Cl)C=C(c2ccccc2)C(F)(C2=CCCC2(C)C)C1. The van der Waals surface area contributed by atoms with E-state index in [1.165, 1.54) is 7.11 Å². The van der Waals surface area contributed by atoms with Gasteiger partial charge in [-0.1, -0.05) is 61.9 Å². The van der Waals surface area contributed by atoms with Gasteiger partial charge in [0.25, 0.3) is 0 Å². The summed E-state index contributed by atoms with van der Waals surface area (Å²) in [4.78, 5) is 12.1. The number of hydrogen-bond acceptors (Lipinski definition) is 2. The summed E-state index contributed by atoms with van der Waals surface area (Å²) >= 11 is 6.32. The molecule has 2 aliphatic carbocycles. The molecule has 0 heterocycles. The van der Waals surface area contributed by atoms with Gasteiger partial charge in [0, 0.05) is 12.0 Å². The van der Waals surface area contributed by atoms with Gasteiger partial charge in [-0.15, -0.1) is 0 Å². The smallest absolute Gasteiger partial charge is 0.335 e. The molecule has 1 unspecified atom stereocenters. The third kappa shape index (κ3) is 3.06. The fraction of sp³-hybridized carbons (Fsp3) is 0.381. The molecule has 0 radical (unpaired) electrons. The number of ether oxygens (including phenoxy) is 1. The number of carbonyl (C=O) groups is 1. The van der Waals surface area contributed by atoms with Gasteiger partial charge in [0.05, 0.1) is 17.7 Å². The molecule has 0 saturated heterocycles. The monoisotopic (exact) mass is 360 g/mol. The summed E-state index contributed by atoms with van der Waals surface area (Å²) in [7, 11) is 1.29. The molecule has 0 N–H and O–H groups in total. The fourth-order valence-corrected chi connectivity index (χ4v) is 4.15. The first kappa shape index (κ1) is 17.9. The molecule has 25 heavy (non-hydrogen) atoms. The van der Waals surface area contributed by atoms with Crippen LogP contribution in [0.4, 0.5) is 4.39 Å². The minimum absolute atomic E-state index is 0.103. The molecule has 0 amide bonds. The van der Waals surface area contributed by atoms with Crippen molar-refractivity contribution in [1.29, 1.82) is 0 Å². The number of benzene rings is 1. The first-order chi connectivity index (χ1) is 11.8. The molecule has 0 bridgehead atoms. The van der Waals surface area contributed by atoms with Gasteiger partial charge in [-0.05, 0) is 35.5 Å². The van der Waals surface area contributed by atoms with Gasteiger partial charge in [0.15, 0.2) is 5.67 Å². The Morgan fingerprint density at radius 2 is 1.92 bits per heavy atom. The van der Waals surface area contributed by atoms with E-state index in [4.69, 9.17) is 16.3 Å². The van der Waals surface area contributed by atoms with E-state index in [0.29, 0.717) is 5.57 Å². The van der Waals surface area contributed by atoms with E-state index in [0.717, 1.165) is 24.0 Å². The maximum atomic E-state index is 16.6. The van der Waals surface area contributed by atoms with Crippen molar-refractivity contribution in [3.63, 3.8) is 0 Å². The zero-order valence-electron chi connectivity index (χ0n) is 14.7. The molecular formula is C21H22ClFO2. The van der Waals surface area contributed by atoms with Crippen LogP contribution in [0.1, 0.15) is 38.7 Å². The van der Waals surface area contributed by atoms with Gasteiger partial charge in [0.1, 0.15) is 0 Å². The minimum Gasteiger partial charge on any atom is -0.466 e. The normalized spacial score (nSPS) is 25.5. The topological polar surface area (TPSA) is 26.3 Å². The van der Waals surface area contributed by atoms with Crippen LogP contribution in [0.3, 0.4) is 0 Å². The number of carbonyl (C=O) groups excluding carboxylic acids is 1. The van der Waals surface area contributed by atoms with Crippen molar-refractivity contribution in [2.24, 2.45) is 5.41 Å². The lowest BCUT2D eigenvalue weighted by Crippen LogP contribution is -2.37. The zero-order chi connectivity index (χ0) is 18.2. The van der Waals surface area contributed by atoms with Crippen molar-refractivity contribution in [2.45, 2.75) is 38.8 Å². The van der Waals surface area contributed by atoms with E-state index >= 15 is 4.39 Å². The van der Waals surface area contributed by atoms with E-state index < -0.39 is 11.6 Å². The van der Waals surface area contributed by atoms with Crippen molar-refractivity contribution in [3.8, 4) is 0 Å². The summed E-state index contributed by atoms with van der Waals surface area (Å²) in [5.41, 5.74) is 0.148. The average Bonchev–Trinajstić information content (AvgIpc) is 2.96. The largest absolute Gasteiger partial charge is 0.466 e. The van der Waals surface area contributed by atoms with E-state index in [1.807, 2.05) is 50.3 Å². The third-order valence-corrected chi connectivity index (χ3v) is 5.53. The van der Waals surface area contributed by atoms with Crippen LogP contribution in [-0.2, 0) is 9.53 Å². The van der Waals surface area contributed by atoms with E-state index in [-0.39, 0.29) is 22.4 Å². The van der Waals surface area contributed by atoms with Crippen LogP contribution >= 0.6 is 11.6 Å². The Morgan fingerprint density at radius 1 is 1.24 bits per heavy atom. The molecule has 2 nitrogen and oxygen atoms in total. The summed E-state index contributed by atoms with van der Waals surface area (Å²) in [6, 6.07) is 9.38. The second kappa shape index (κ2) is 6.45. The van der Waals surface area contributed by atoms with Gasteiger partial charge in [0.2, 0.25) is 0 Å². The molecule has 3 rings (SSSR count). The highest BCUT2D eigenvalue weighted by atomic mass is 35.5. The van der Waals surface area contributed by atoms with Crippen LogP contribution in [-0.4, -0.2) is 18.7 Å². The number of esters is 1. The van der Waals surface area contributed by atoms with Gasteiger partial charge >= 0.3 is 5.97 Å². The Kier molecular flexibility index (Phi) is 4.63. The number of allylic oxidation sites excluding steroid dienone is 5. The molecular weight excluding hydrogens is 339 g/mol. The van der Waals surface area contributed by atoms with Crippen LogP contribution in [0, 0.1) is 5.41 Å². The molecule has 0 aromatic heterocycles. The van der Waals surface area contributed by atoms with Crippen LogP contribution < -0.4 is 0 Å². The first-order valence-electron chi connectivity index (χ1n) is 8.44. The summed E-state index contributed by atoms with van der Waals surface area (Å²) in [5.74, 6) is -0.577. The lowest BCUT2D eigenvalue weighted by atomic mass is 9.68. The van der Waals surface area contributed by atoms with Gasteiger partial charge < -0.3 is 4.74 Å². The summed E-state index contributed by atoms with van der Waals surface area (Å²) in [6.07, 6.45) is 5.18. The average molecular weight is 361 g/mol. The van der Waals surface area contributed by atoms with Gasteiger partial charge in [-0.2, -0.15) is 0 Å². The number of methoxy groups -OCH3 is 1. The summed E-state index contributed by atoms with van der Waals surface area (Å²) in [5, 5.41) is 0.246. The predicted molar refractivity (Wildman–Crippen MR) is 98.9 cm³/mol. The lowest BCUT2D eigenvalue weighted by molar-refractivity contribution is -0.136. The van der Waals surface area contributed by atoms with Crippen molar-refractivity contribution < 1.29 is 13.9 Å². The number of hydrogen-bond donors (Lipinski definition) is 0. The molecule has 0 aliphatic heterocycles. The molecule has 4 heteroatoms. The highest BCUT2D eigenvalue weighted by Crippen LogP contribution is 2.55. The maximum absolute atomic E-state index is 16.6. The highest BCUT2D eigenvalue weighted by molar-refractivity contribution is 6.34. The molecule has 0 spiro atoms. The highest BCUT2D eigenvalue weighted by Gasteiger charge is 2.49. The zero-order valence-corrected chi connectivity index (χ0v) is 15.5. The van der Waals surface area contributed by atoms with Crippen LogP contribution in [0.25, 0.3) is 5.57 Å². The standard InChI is InChI=1S/C21H22ClFO2/c1-20(2)11-7-10-18(20)21(23)13-15(19(24)25-3)17(22)12-16(21)14-8-5-4-6-9-14/h4-6,8-10,12H,7,11,13H2,1-3H3. The molecule has 132 valence electrons. The summed E-state index contributed by atoms with van der Waals surface area (Å²) < 4.78 is 21.4. The Labute approximate surface area is 153 Å². The van der Waals surface area contributed by atoms with Gasteiger partial charge in [-0.25, -0.2) is 9.18 Å². The van der Waals surface area contributed by atoms with Crippen LogP contribution in [0.2, 0.25) is 0 Å². The maximum Gasteiger partial charge on any atom is 0.335 e. The van der Waals surface area contributed by atoms with Crippen molar-refractivity contribution in [2.75, 3.05) is 7.11 Å². The number of halogens is 2. The molecule has 0 saturated carbocycles.